The van der Waals surface area contributed by atoms with Gasteiger partial charge in [-0.3, -0.25) is 0 Å². The number of nitrogens with zero attached hydrogens (tertiary/aromatic N) is 3. The lowest BCUT2D eigenvalue weighted by molar-refractivity contribution is 0.514. The molecule has 68 valence electrons. The lowest BCUT2D eigenvalue weighted by Gasteiger charge is -2.02. The fourth-order valence-corrected chi connectivity index (χ4v) is 1.55. The SMILES string of the molecule is Cc1nnc2n1CC(CN)C2.Cl. The average molecular weight is 189 g/mol. The van der Waals surface area contributed by atoms with E-state index in [-0.39, 0.29) is 12.4 Å². The molecule has 0 radical (unpaired) electrons. The van der Waals surface area contributed by atoms with E-state index < -0.39 is 0 Å². The van der Waals surface area contributed by atoms with Gasteiger partial charge in [-0.05, 0) is 19.4 Å². The number of hydrogen-bond acceptors (Lipinski definition) is 3. The van der Waals surface area contributed by atoms with E-state index >= 15 is 0 Å². The van der Waals surface area contributed by atoms with Gasteiger partial charge in [0.25, 0.3) is 0 Å². The van der Waals surface area contributed by atoms with Crippen molar-refractivity contribution in [3.05, 3.63) is 11.6 Å². The van der Waals surface area contributed by atoms with Crippen molar-refractivity contribution in [1.29, 1.82) is 0 Å². The number of rotatable bonds is 1. The molecule has 2 heterocycles. The lowest BCUT2D eigenvalue weighted by Crippen LogP contribution is -2.15. The fourth-order valence-electron chi connectivity index (χ4n) is 1.55. The molecule has 1 aromatic rings. The predicted octanol–water partition coefficient (Wildman–Crippen LogP) is 0.139. The summed E-state index contributed by atoms with van der Waals surface area (Å²) in [5.41, 5.74) is 5.56. The van der Waals surface area contributed by atoms with E-state index in [1.807, 2.05) is 6.92 Å². The Balaban J connectivity index is 0.000000720. The summed E-state index contributed by atoms with van der Waals surface area (Å²) in [4.78, 5) is 0. The molecule has 1 aromatic heterocycles. The van der Waals surface area contributed by atoms with E-state index in [1.165, 1.54) is 0 Å². The molecule has 1 aliphatic rings. The summed E-state index contributed by atoms with van der Waals surface area (Å²) in [5.74, 6) is 2.69. The smallest absolute Gasteiger partial charge is 0.133 e. The van der Waals surface area contributed by atoms with Gasteiger partial charge in [-0.1, -0.05) is 0 Å². The largest absolute Gasteiger partial charge is 0.330 e. The number of aryl methyl sites for hydroxylation is 1. The summed E-state index contributed by atoms with van der Waals surface area (Å²) in [6, 6.07) is 0. The van der Waals surface area contributed by atoms with Gasteiger partial charge >= 0.3 is 0 Å². The maximum atomic E-state index is 5.56. The van der Waals surface area contributed by atoms with Crippen LogP contribution in [0, 0.1) is 12.8 Å². The second-order valence-electron chi connectivity index (χ2n) is 3.08. The summed E-state index contributed by atoms with van der Waals surface area (Å²) < 4.78 is 2.15. The molecule has 0 saturated heterocycles. The van der Waals surface area contributed by atoms with Crippen LogP contribution in [0.5, 0.6) is 0 Å². The van der Waals surface area contributed by atoms with E-state index in [9.17, 15) is 0 Å². The van der Waals surface area contributed by atoms with Crippen molar-refractivity contribution in [3.63, 3.8) is 0 Å². The molecule has 0 aliphatic carbocycles. The van der Waals surface area contributed by atoms with Crippen LogP contribution in [0.25, 0.3) is 0 Å². The van der Waals surface area contributed by atoms with Crippen molar-refractivity contribution < 1.29 is 0 Å². The maximum absolute atomic E-state index is 5.56. The fraction of sp³-hybridized carbons (Fsp3) is 0.714. The zero-order chi connectivity index (χ0) is 7.84. The Hall–Kier alpha value is -0.610. The molecule has 0 aromatic carbocycles. The van der Waals surface area contributed by atoms with Gasteiger partial charge in [0.05, 0.1) is 0 Å². The van der Waals surface area contributed by atoms with Crippen LogP contribution in [0.3, 0.4) is 0 Å². The topological polar surface area (TPSA) is 56.7 Å². The predicted molar refractivity (Wildman–Crippen MR) is 48.3 cm³/mol. The van der Waals surface area contributed by atoms with Crippen molar-refractivity contribution in [2.24, 2.45) is 11.7 Å². The number of hydrogen-bond donors (Lipinski definition) is 1. The van der Waals surface area contributed by atoms with Crippen LogP contribution in [0.15, 0.2) is 0 Å². The molecule has 0 fully saturated rings. The molecule has 0 saturated carbocycles. The van der Waals surface area contributed by atoms with Crippen molar-refractivity contribution in [2.75, 3.05) is 6.54 Å². The highest BCUT2D eigenvalue weighted by atomic mass is 35.5. The molecule has 1 aliphatic heterocycles. The molecule has 2 N–H and O–H groups in total. The quantitative estimate of drug-likeness (QED) is 0.682. The average Bonchev–Trinajstić information content (AvgIpc) is 2.53. The Morgan fingerprint density at radius 3 is 2.92 bits per heavy atom. The summed E-state index contributed by atoms with van der Waals surface area (Å²) in [6.45, 7) is 3.74. The third-order valence-corrected chi connectivity index (χ3v) is 2.26. The van der Waals surface area contributed by atoms with Crippen molar-refractivity contribution in [1.82, 2.24) is 14.8 Å². The third kappa shape index (κ3) is 1.32. The minimum Gasteiger partial charge on any atom is -0.330 e. The van der Waals surface area contributed by atoms with E-state index in [0.29, 0.717) is 5.92 Å². The summed E-state index contributed by atoms with van der Waals surface area (Å²) in [6.07, 6.45) is 0.997. The zero-order valence-corrected chi connectivity index (χ0v) is 7.84. The van der Waals surface area contributed by atoms with Gasteiger partial charge in [0.15, 0.2) is 0 Å². The summed E-state index contributed by atoms with van der Waals surface area (Å²) >= 11 is 0. The van der Waals surface area contributed by atoms with Gasteiger partial charge in [0.2, 0.25) is 0 Å². The van der Waals surface area contributed by atoms with Gasteiger partial charge in [0, 0.05) is 13.0 Å². The number of halogens is 1. The maximum Gasteiger partial charge on any atom is 0.133 e. The monoisotopic (exact) mass is 188 g/mol. The minimum atomic E-state index is 0. The highest BCUT2D eigenvalue weighted by Crippen LogP contribution is 2.18. The normalized spacial score (nSPS) is 20.3. The van der Waals surface area contributed by atoms with Crippen molar-refractivity contribution in [3.8, 4) is 0 Å². The molecular formula is C7H13ClN4. The number of fused-ring (bicyclic) bond motifs is 1. The molecular weight excluding hydrogens is 176 g/mol. The van der Waals surface area contributed by atoms with Crippen LogP contribution in [-0.2, 0) is 13.0 Å². The van der Waals surface area contributed by atoms with Crippen LogP contribution in [-0.4, -0.2) is 21.3 Å². The molecule has 0 amide bonds. The van der Waals surface area contributed by atoms with E-state index in [1.54, 1.807) is 0 Å². The van der Waals surface area contributed by atoms with Crippen LogP contribution in [0.1, 0.15) is 11.6 Å². The van der Waals surface area contributed by atoms with Crippen LogP contribution < -0.4 is 5.73 Å². The molecule has 0 spiro atoms. The minimum absolute atomic E-state index is 0. The highest BCUT2D eigenvalue weighted by Gasteiger charge is 2.22. The second kappa shape index (κ2) is 3.41. The van der Waals surface area contributed by atoms with Crippen molar-refractivity contribution in [2.45, 2.75) is 19.9 Å². The third-order valence-electron chi connectivity index (χ3n) is 2.26. The number of nitrogens with two attached hydrogens (primary N) is 1. The Kier molecular flexibility index (Phi) is 2.69. The van der Waals surface area contributed by atoms with Crippen molar-refractivity contribution >= 4 is 12.4 Å². The zero-order valence-electron chi connectivity index (χ0n) is 7.03. The first-order valence-corrected chi connectivity index (χ1v) is 3.90. The second-order valence-corrected chi connectivity index (χ2v) is 3.08. The van der Waals surface area contributed by atoms with Gasteiger partial charge in [-0.15, -0.1) is 22.6 Å². The Bertz CT molecular complexity index is 270. The Morgan fingerprint density at radius 2 is 2.33 bits per heavy atom. The van der Waals surface area contributed by atoms with Gasteiger partial charge in [-0.2, -0.15) is 0 Å². The van der Waals surface area contributed by atoms with Crippen LogP contribution in [0.2, 0.25) is 0 Å². The Labute approximate surface area is 77.6 Å². The van der Waals surface area contributed by atoms with Gasteiger partial charge < -0.3 is 10.3 Å². The standard InChI is InChI=1S/C7H12N4.ClH/c1-5-9-10-7-2-6(3-8)4-11(5)7;/h6H,2-4,8H2,1H3;1H. The van der Waals surface area contributed by atoms with Crippen LogP contribution in [0.4, 0.5) is 0 Å². The summed E-state index contributed by atoms with van der Waals surface area (Å²) in [7, 11) is 0. The molecule has 12 heavy (non-hydrogen) atoms. The lowest BCUT2D eigenvalue weighted by atomic mass is 10.1. The van der Waals surface area contributed by atoms with E-state index in [0.717, 1.165) is 31.2 Å². The molecule has 2 rings (SSSR count). The van der Waals surface area contributed by atoms with Gasteiger partial charge in [0.1, 0.15) is 11.6 Å². The molecule has 1 unspecified atom stereocenters. The first kappa shape index (κ1) is 9.48. The van der Waals surface area contributed by atoms with E-state index in [4.69, 9.17) is 5.73 Å². The molecule has 4 nitrogen and oxygen atoms in total. The first-order valence-electron chi connectivity index (χ1n) is 3.90. The molecule has 5 heteroatoms. The summed E-state index contributed by atoms with van der Waals surface area (Å²) in [5, 5.41) is 8.03. The molecule has 1 atom stereocenters. The molecule has 0 bridgehead atoms. The first-order chi connectivity index (χ1) is 5.31. The van der Waals surface area contributed by atoms with Crippen LogP contribution >= 0.6 is 12.4 Å². The van der Waals surface area contributed by atoms with Gasteiger partial charge in [-0.25, -0.2) is 0 Å². The Morgan fingerprint density at radius 1 is 1.58 bits per heavy atom. The van der Waals surface area contributed by atoms with E-state index in [2.05, 4.69) is 14.8 Å². The highest BCUT2D eigenvalue weighted by molar-refractivity contribution is 5.85. The number of aromatic nitrogens is 3.